The van der Waals surface area contributed by atoms with Gasteiger partial charge in [0.05, 0.1) is 19.5 Å². The van der Waals surface area contributed by atoms with Crippen molar-refractivity contribution in [3.63, 3.8) is 0 Å². The molecule has 2 amide bonds. The molecular formula is C31H41N5O6. The minimum Gasteiger partial charge on any atom is -0.480 e. The summed E-state index contributed by atoms with van der Waals surface area (Å²) in [5, 5.41) is 11.9. The van der Waals surface area contributed by atoms with Crippen LogP contribution in [0, 0.1) is 0 Å². The van der Waals surface area contributed by atoms with E-state index in [1.807, 2.05) is 67.6 Å². The standard InChI is InChI=1S/C16H20N4O3.C15H21NO3/c1-23-16(22)14(8-12-9-18-10-19-12)20-15(21)13(17)7-11-5-3-2-4-6-11;1-3-4-10-14(17)16(2)13(15(18)19)11-12-8-6-5-7-9-12/h2-6,9-10,13-14H,7-8,17H2,1H3,(H,18,19)(H,20,21);5-9,13H,3-4,10-11H2,1-2H3,(H,18,19). The molecular weight excluding hydrogens is 538 g/mol. The second kappa shape index (κ2) is 18.0. The Kier molecular flexibility index (Phi) is 14.5. The number of carbonyl (C=O) groups excluding carboxylic acids is 3. The maximum atomic E-state index is 12.2. The highest BCUT2D eigenvalue weighted by Gasteiger charge is 2.27. The van der Waals surface area contributed by atoms with Gasteiger partial charge in [0, 0.05) is 38.2 Å². The average molecular weight is 580 g/mol. The van der Waals surface area contributed by atoms with Crippen molar-refractivity contribution in [1.82, 2.24) is 20.2 Å². The van der Waals surface area contributed by atoms with Crippen molar-refractivity contribution in [3.05, 3.63) is 90.0 Å². The Labute approximate surface area is 246 Å². The number of hydrogen-bond donors (Lipinski definition) is 4. The van der Waals surface area contributed by atoms with Gasteiger partial charge in [-0.2, -0.15) is 0 Å². The number of likely N-dealkylation sites (N-methyl/N-ethyl adjacent to an activating group) is 1. The molecule has 1 heterocycles. The van der Waals surface area contributed by atoms with E-state index in [4.69, 9.17) is 10.5 Å². The minimum atomic E-state index is -0.962. The van der Waals surface area contributed by atoms with Crippen molar-refractivity contribution in [2.24, 2.45) is 5.73 Å². The van der Waals surface area contributed by atoms with Gasteiger partial charge < -0.3 is 30.8 Å². The molecule has 0 spiro atoms. The van der Waals surface area contributed by atoms with Gasteiger partial charge in [-0.3, -0.25) is 9.59 Å². The van der Waals surface area contributed by atoms with E-state index in [1.165, 1.54) is 18.3 Å². The number of carboxylic acid groups (broad SMARTS) is 1. The third kappa shape index (κ3) is 11.5. The zero-order chi connectivity index (χ0) is 30.9. The Hall–Kier alpha value is -4.51. The normalized spacial score (nSPS) is 12.6. The van der Waals surface area contributed by atoms with Crippen LogP contribution < -0.4 is 11.1 Å². The van der Waals surface area contributed by atoms with Crippen LogP contribution in [-0.4, -0.2) is 76.0 Å². The number of aromatic amines is 1. The third-order valence-electron chi connectivity index (χ3n) is 6.58. The van der Waals surface area contributed by atoms with Crippen molar-refractivity contribution in [2.45, 2.75) is 63.6 Å². The Morgan fingerprint density at radius 1 is 1.00 bits per heavy atom. The summed E-state index contributed by atoms with van der Waals surface area (Å²) in [6.07, 6.45) is 6.21. The predicted molar refractivity (Wildman–Crippen MR) is 158 cm³/mol. The predicted octanol–water partition coefficient (Wildman–Crippen LogP) is 2.51. The van der Waals surface area contributed by atoms with Crippen LogP contribution in [0.2, 0.25) is 0 Å². The molecule has 0 aliphatic carbocycles. The Bertz CT molecular complexity index is 1240. The number of aromatic nitrogens is 2. The summed E-state index contributed by atoms with van der Waals surface area (Å²) in [6.45, 7) is 2.01. The lowest BCUT2D eigenvalue weighted by Crippen LogP contribution is -2.50. The number of benzene rings is 2. The van der Waals surface area contributed by atoms with Crippen LogP contribution in [0.3, 0.4) is 0 Å². The summed E-state index contributed by atoms with van der Waals surface area (Å²) in [5.74, 6) is -2.00. The van der Waals surface area contributed by atoms with Crippen LogP contribution in [0.15, 0.2) is 73.2 Å². The fourth-order valence-electron chi connectivity index (χ4n) is 4.10. The first-order valence-electron chi connectivity index (χ1n) is 13.8. The molecule has 0 fully saturated rings. The maximum absolute atomic E-state index is 12.2. The molecule has 0 radical (unpaired) electrons. The lowest BCUT2D eigenvalue weighted by atomic mass is 10.0. The first-order valence-corrected chi connectivity index (χ1v) is 13.8. The van der Waals surface area contributed by atoms with Crippen LogP contribution >= 0.6 is 0 Å². The molecule has 0 saturated heterocycles. The van der Waals surface area contributed by atoms with Gasteiger partial charge >= 0.3 is 11.9 Å². The third-order valence-corrected chi connectivity index (χ3v) is 6.58. The Morgan fingerprint density at radius 3 is 2.10 bits per heavy atom. The molecule has 0 saturated carbocycles. The fraction of sp³-hybridized carbons (Fsp3) is 0.387. The van der Waals surface area contributed by atoms with Crippen LogP contribution in [0.5, 0.6) is 0 Å². The quantitative estimate of drug-likeness (QED) is 0.211. The lowest BCUT2D eigenvalue weighted by molar-refractivity contribution is -0.149. The van der Waals surface area contributed by atoms with Gasteiger partial charge in [0.1, 0.15) is 12.1 Å². The lowest BCUT2D eigenvalue weighted by Gasteiger charge is -2.25. The number of methoxy groups -OCH3 is 1. The Balaban J connectivity index is 0.000000299. The maximum Gasteiger partial charge on any atom is 0.328 e. The van der Waals surface area contributed by atoms with Crippen molar-refractivity contribution in [1.29, 1.82) is 0 Å². The number of amides is 2. The number of nitrogens with zero attached hydrogens (tertiary/aromatic N) is 2. The summed E-state index contributed by atoms with van der Waals surface area (Å²) in [7, 11) is 2.85. The van der Waals surface area contributed by atoms with Gasteiger partial charge in [-0.25, -0.2) is 14.6 Å². The highest BCUT2D eigenvalue weighted by molar-refractivity contribution is 5.87. The number of unbranched alkanes of at least 4 members (excludes halogenated alkanes) is 1. The highest BCUT2D eigenvalue weighted by atomic mass is 16.5. The number of nitrogens with two attached hydrogens (primary N) is 1. The van der Waals surface area contributed by atoms with E-state index in [-0.39, 0.29) is 12.3 Å². The number of hydrogen-bond acceptors (Lipinski definition) is 7. The van der Waals surface area contributed by atoms with Gasteiger partial charge in [-0.1, -0.05) is 74.0 Å². The van der Waals surface area contributed by atoms with E-state index >= 15 is 0 Å². The van der Waals surface area contributed by atoms with E-state index in [0.29, 0.717) is 19.3 Å². The molecule has 0 aliphatic heterocycles. The molecule has 3 unspecified atom stereocenters. The number of carboxylic acids is 1. The summed E-state index contributed by atoms with van der Waals surface area (Å²) >= 11 is 0. The highest BCUT2D eigenvalue weighted by Crippen LogP contribution is 2.11. The topological polar surface area (TPSA) is 168 Å². The molecule has 3 rings (SSSR count). The summed E-state index contributed by atoms with van der Waals surface area (Å²) < 4.78 is 4.73. The van der Waals surface area contributed by atoms with Crippen molar-refractivity contribution < 1.29 is 29.0 Å². The average Bonchev–Trinajstić information content (AvgIpc) is 3.52. The van der Waals surface area contributed by atoms with Gasteiger partial charge in [0.2, 0.25) is 11.8 Å². The molecule has 0 aliphatic rings. The Morgan fingerprint density at radius 2 is 1.60 bits per heavy atom. The molecule has 3 atom stereocenters. The van der Waals surface area contributed by atoms with Crippen LogP contribution in [0.25, 0.3) is 0 Å². The molecule has 11 nitrogen and oxygen atoms in total. The van der Waals surface area contributed by atoms with E-state index in [0.717, 1.165) is 29.7 Å². The SMILES string of the molecule is CCCCC(=O)N(C)C(Cc1ccccc1)C(=O)O.COC(=O)C(Cc1cnc[nH]1)NC(=O)C(N)Cc1ccccc1. The molecule has 5 N–H and O–H groups in total. The second-order valence-corrected chi connectivity index (χ2v) is 9.81. The van der Waals surface area contributed by atoms with Crippen molar-refractivity contribution in [3.8, 4) is 0 Å². The zero-order valence-electron chi connectivity index (χ0n) is 24.4. The van der Waals surface area contributed by atoms with Gasteiger partial charge in [-0.15, -0.1) is 0 Å². The van der Waals surface area contributed by atoms with Gasteiger partial charge in [0.15, 0.2) is 0 Å². The fourth-order valence-corrected chi connectivity index (χ4v) is 4.10. The summed E-state index contributed by atoms with van der Waals surface area (Å²) in [5.41, 5.74) is 8.53. The van der Waals surface area contributed by atoms with Crippen molar-refractivity contribution in [2.75, 3.05) is 14.2 Å². The minimum absolute atomic E-state index is 0.106. The molecule has 42 heavy (non-hydrogen) atoms. The number of H-pyrrole nitrogens is 1. The van der Waals surface area contributed by atoms with Crippen molar-refractivity contribution >= 4 is 23.8 Å². The molecule has 1 aromatic heterocycles. The van der Waals surface area contributed by atoms with E-state index in [1.54, 1.807) is 13.2 Å². The summed E-state index contributed by atoms with van der Waals surface area (Å²) in [6, 6.07) is 16.5. The number of imidazole rings is 1. The number of ether oxygens (including phenoxy) is 1. The summed E-state index contributed by atoms with van der Waals surface area (Å²) in [4.78, 5) is 55.4. The van der Waals surface area contributed by atoms with Crippen LogP contribution in [0.4, 0.5) is 0 Å². The van der Waals surface area contributed by atoms with E-state index < -0.39 is 36.0 Å². The van der Waals surface area contributed by atoms with E-state index in [2.05, 4.69) is 15.3 Å². The monoisotopic (exact) mass is 579 g/mol. The molecule has 2 aromatic carbocycles. The molecule has 226 valence electrons. The number of carbonyl (C=O) groups is 4. The van der Waals surface area contributed by atoms with Gasteiger partial charge in [0.25, 0.3) is 0 Å². The number of nitrogens with one attached hydrogen (secondary N) is 2. The van der Waals surface area contributed by atoms with Crippen LogP contribution in [0.1, 0.15) is 43.0 Å². The number of aliphatic carboxylic acids is 1. The molecule has 0 bridgehead atoms. The molecule has 3 aromatic rings. The second-order valence-electron chi connectivity index (χ2n) is 9.81. The molecule has 11 heteroatoms. The van der Waals surface area contributed by atoms with Gasteiger partial charge in [-0.05, 0) is 24.0 Å². The first kappa shape index (κ1) is 33.7. The number of esters is 1. The largest absolute Gasteiger partial charge is 0.480 e. The first-order chi connectivity index (χ1) is 20.2. The van der Waals surface area contributed by atoms with Crippen LogP contribution in [-0.2, 0) is 43.2 Å². The zero-order valence-corrected chi connectivity index (χ0v) is 24.4. The van der Waals surface area contributed by atoms with E-state index in [9.17, 15) is 24.3 Å². The smallest absolute Gasteiger partial charge is 0.328 e. The number of rotatable bonds is 14.